The Kier molecular flexibility index (Phi) is 7.41. The van der Waals surface area contributed by atoms with Crippen molar-refractivity contribution in [2.75, 3.05) is 90.8 Å². The van der Waals surface area contributed by atoms with Crippen LogP contribution in [0.3, 0.4) is 0 Å². The van der Waals surface area contributed by atoms with Crippen molar-refractivity contribution in [3.63, 3.8) is 0 Å². The van der Waals surface area contributed by atoms with Gasteiger partial charge < -0.3 is 20.0 Å². The lowest BCUT2D eigenvalue weighted by Gasteiger charge is -2.32. The maximum absolute atomic E-state index is 12.1. The second-order valence-corrected chi connectivity index (χ2v) is 8.23. The van der Waals surface area contributed by atoms with E-state index in [1.54, 1.807) is 0 Å². The Labute approximate surface area is 178 Å². The fourth-order valence-corrected chi connectivity index (χ4v) is 3.67. The van der Waals surface area contributed by atoms with Gasteiger partial charge in [0.2, 0.25) is 5.82 Å². The maximum atomic E-state index is 12.1. The first kappa shape index (κ1) is 22.2. The molecule has 0 aliphatic carbocycles. The van der Waals surface area contributed by atoms with E-state index in [9.17, 15) is 10.1 Å². The number of nitro groups is 1. The van der Waals surface area contributed by atoms with E-state index in [1.165, 1.54) is 0 Å². The summed E-state index contributed by atoms with van der Waals surface area (Å²) in [4.78, 5) is 25.1. The minimum absolute atomic E-state index is 0.0494. The van der Waals surface area contributed by atoms with E-state index in [1.807, 2.05) is 50.3 Å². The average molecular weight is 416 g/mol. The number of rotatable bonds is 9. The van der Waals surface area contributed by atoms with Crippen molar-refractivity contribution in [2.45, 2.75) is 0 Å². The molecule has 1 saturated heterocycles. The van der Waals surface area contributed by atoms with Gasteiger partial charge in [0, 0.05) is 64.8 Å². The summed E-state index contributed by atoms with van der Waals surface area (Å²) in [5.41, 5.74) is 1.37. The number of fused-ring (bicyclic) bond motifs is 1. The number of pyridine rings is 1. The summed E-state index contributed by atoms with van der Waals surface area (Å²) in [5, 5.41) is 16.3. The Morgan fingerprint density at radius 2 is 1.83 bits per heavy atom. The van der Waals surface area contributed by atoms with E-state index >= 15 is 0 Å². The molecule has 2 heterocycles. The SMILES string of the molecule is CN(C)CCN(C)c1nc2ccccc2c(NCCN2CCN(C)CC2)c1[N+](=O)[O-]. The molecular formula is C21H33N7O2. The maximum Gasteiger partial charge on any atom is 0.335 e. The number of nitrogens with zero attached hydrogens (tertiary/aromatic N) is 6. The van der Waals surface area contributed by atoms with E-state index < -0.39 is 0 Å². The fourth-order valence-electron chi connectivity index (χ4n) is 3.67. The Morgan fingerprint density at radius 3 is 2.50 bits per heavy atom. The Balaban J connectivity index is 1.88. The zero-order valence-corrected chi connectivity index (χ0v) is 18.5. The highest BCUT2D eigenvalue weighted by Gasteiger charge is 2.27. The van der Waals surface area contributed by atoms with Gasteiger partial charge in [-0.3, -0.25) is 15.0 Å². The molecule has 0 saturated carbocycles. The molecule has 9 heteroatoms. The zero-order valence-electron chi connectivity index (χ0n) is 18.5. The van der Waals surface area contributed by atoms with Crippen molar-refractivity contribution in [1.82, 2.24) is 19.7 Å². The highest BCUT2D eigenvalue weighted by atomic mass is 16.6. The van der Waals surface area contributed by atoms with Crippen molar-refractivity contribution < 1.29 is 4.92 Å². The predicted molar refractivity (Wildman–Crippen MR) is 123 cm³/mol. The molecule has 0 radical (unpaired) electrons. The molecule has 1 fully saturated rings. The minimum Gasteiger partial charge on any atom is -0.378 e. The molecule has 0 amide bonds. The van der Waals surface area contributed by atoms with Crippen molar-refractivity contribution >= 4 is 28.1 Å². The van der Waals surface area contributed by atoms with Crippen LogP contribution in [-0.2, 0) is 0 Å². The molecule has 164 valence electrons. The predicted octanol–water partition coefficient (Wildman–Crippen LogP) is 1.80. The Hall–Kier alpha value is -2.49. The lowest BCUT2D eigenvalue weighted by Crippen LogP contribution is -2.45. The fraction of sp³-hybridized carbons (Fsp3) is 0.571. The van der Waals surface area contributed by atoms with Crippen LogP contribution in [0, 0.1) is 10.1 Å². The first-order valence-electron chi connectivity index (χ1n) is 10.4. The third-order valence-corrected chi connectivity index (χ3v) is 5.60. The summed E-state index contributed by atoms with van der Waals surface area (Å²) >= 11 is 0. The van der Waals surface area contributed by atoms with E-state index in [2.05, 4.69) is 32.0 Å². The van der Waals surface area contributed by atoms with Gasteiger partial charge in [-0.2, -0.15) is 0 Å². The van der Waals surface area contributed by atoms with Crippen LogP contribution in [0.15, 0.2) is 24.3 Å². The van der Waals surface area contributed by atoms with Gasteiger partial charge in [0.1, 0.15) is 5.69 Å². The van der Waals surface area contributed by atoms with Crippen LogP contribution in [0.5, 0.6) is 0 Å². The smallest absolute Gasteiger partial charge is 0.335 e. The molecule has 1 aliphatic heterocycles. The van der Waals surface area contributed by atoms with E-state index in [-0.39, 0.29) is 10.6 Å². The Bertz CT molecular complexity index is 866. The van der Waals surface area contributed by atoms with Crippen LogP contribution in [0.25, 0.3) is 10.9 Å². The molecule has 1 N–H and O–H groups in total. The summed E-state index contributed by atoms with van der Waals surface area (Å²) in [6, 6.07) is 7.62. The molecule has 2 aromatic rings. The van der Waals surface area contributed by atoms with Crippen LogP contribution in [-0.4, -0.2) is 105 Å². The van der Waals surface area contributed by atoms with Crippen molar-refractivity contribution in [2.24, 2.45) is 0 Å². The van der Waals surface area contributed by atoms with E-state index in [0.717, 1.165) is 50.2 Å². The van der Waals surface area contributed by atoms with Crippen LogP contribution in [0.4, 0.5) is 17.2 Å². The van der Waals surface area contributed by atoms with Gasteiger partial charge in [-0.25, -0.2) is 4.98 Å². The number of piperazine rings is 1. The molecule has 3 rings (SSSR count). The quantitative estimate of drug-likeness (QED) is 0.491. The summed E-state index contributed by atoms with van der Waals surface area (Å²) < 4.78 is 0. The third-order valence-electron chi connectivity index (χ3n) is 5.60. The van der Waals surface area contributed by atoms with Gasteiger partial charge in [0.05, 0.1) is 10.4 Å². The number of aromatic nitrogens is 1. The summed E-state index contributed by atoms with van der Waals surface area (Å²) in [6.07, 6.45) is 0. The highest BCUT2D eigenvalue weighted by molar-refractivity contribution is 5.99. The number of likely N-dealkylation sites (N-methyl/N-ethyl adjacent to an activating group) is 3. The molecule has 0 bridgehead atoms. The summed E-state index contributed by atoms with van der Waals surface area (Å²) in [7, 11) is 7.97. The van der Waals surface area contributed by atoms with Gasteiger partial charge in [-0.05, 0) is 27.2 Å². The van der Waals surface area contributed by atoms with Crippen LogP contribution >= 0.6 is 0 Å². The van der Waals surface area contributed by atoms with Gasteiger partial charge in [0.25, 0.3) is 0 Å². The number of hydrogen-bond donors (Lipinski definition) is 1. The second kappa shape index (κ2) is 10.0. The molecule has 1 aromatic carbocycles. The zero-order chi connectivity index (χ0) is 21.7. The minimum atomic E-state index is -0.306. The number of nitrogens with one attached hydrogen (secondary N) is 1. The van der Waals surface area contributed by atoms with Crippen molar-refractivity contribution in [1.29, 1.82) is 0 Å². The van der Waals surface area contributed by atoms with Gasteiger partial charge >= 0.3 is 5.69 Å². The molecule has 1 aromatic heterocycles. The lowest BCUT2D eigenvalue weighted by atomic mass is 10.1. The van der Waals surface area contributed by atoms with Crippen LogP contribution < -0.4 is 10.2 Å². The summed E-state index contributed by atoms with van der Waals surface area (Å²) in [5.74, 6) is 0.405. The molecule has 30 heavy (non-hydrogen) atoms. The first-order chi connectivity index (χ1) is 14.4. The lowest BCUT2D eigenvalue weighted by molar-refractivity contribution is -0.383. The molecular weight excluding hydrogens is 382 g/mol. The van der Waals surface area contributed by atoms with E-state index in [0.29, 0.717) is 24.6 Å². The number of hydrogen-bond acceptors (Lipinski definition) is 8. The number of benzene rings is 1. The first-order valence-corrected chi connectivity index (χ1v) is 10.4. The standard InChI is InChI=1S/C21H33N7O2/c1-24(2)11-14-26(4)21-20(28(29)30)19(17-7-5-6-8-18(17)23-21)22-9-10-27-15-12-25(3)13-16-27/h5-8H,9-16H2,1-4H3,(H,22,23). The topological polar surface area (TPSA) is 81.0 Å². The van der Waals surface area contributed by atoms with Gasteiger partial charge in [0.15, 0.2) is 0 Å². The molecule has 0 unspecified atom stereocenters. The average Bonchev–Trinajstić information content (AvgIpc) is 2.72. The van der Waals surface area contributed by atoms with Gasteiger partial charge in [-0.1, -0.05) is 18.2 Å². The van der Waals surface area contributed by atoms with Crippen molar-refractivity contribution in [3.05, 3.63) is 34.4 Å². The molecule has 9 nitrogen and oxygen atoms in total. The largest absolute Gasteiger partial charge is 0.378 e. The van der Waals surface area contributed by atoms with E-state index in [4.69, 9.17) is 0 Å². The van der Waals surface area contributed by atoms with Gasteiger partial charge in [-0.15, -0.1) is 0 Å². The van der Waals surface area contributed by atoms with Crippen LogP contribution in [0.1, 0.15) is 0 Å². The highest BCUT2D eigenvalue weighted by Crippen LogP contribution is 2.39. The third kappa shape index (κ3) is 5.35. The molecule has 1 aliphatic rings. The number of anilines is 2. The number of para-hydroxylation sites is 1. The summed E-state index contributed by atoms with van der Waals surface area (Å²) in [6.45, 7) is 7.10. The molecule has 0 spiro atoms. The molecule has 0 atom stereocenters. The van der Waals surface area contributed by atoms with Crippen molar-refractivity contribution in [3.8, 4) is 0 Å². The Morgan fingerprint density at radius 1 is 1.13 bits per heavy atom. The normalized spacial score (nSPS) is 15.6. The second-order valence-electron chi connectivity index (χ2n) is 8.23. The van der Waals surface area contributed by atoms with Crippen LogP contribution in [0.2, 0.25) is 0 Å². The monoisotopic (exact) mass is 415 g/mol.